The van der Waals surface area contributed by atoms with Gasteiger partial charge in [-0.15, -0.1) is 5.10 Å². The highest BCUT2D eigenvalue weighted by atomic mass is 19.4. The molecule has 120 valence electrons. The molecule has 0 saturated carbocycles. The smallest absolute Gasteiger partial charge is 0.347 e. The molecule has 0 radical (unpaired) electrons. The van der Waals surface area contributed by atoms with Gasteiger partial charge in [0.05, 0.1) is 0 Å². The van der Waals surface area contributed by atoms with Crippen LogP contribution in [0.4, 0.5) is 23.5 Å². The molecule has 2 rings (SSSR count). The number of aromatic nitrogens is 3. The van der Waals surface area contributed by atoms with Crippen LogP contribution in [0.5, 0.6) is 0 Å². The lowest BCUT2D eigenvalue weighted by Crippen LogP contribution is -2.16. The summed E-state index contributed by atoms with van der Waals surface area (Å²) in [5.74, 6) is -1.93. The predicted octanol–water partition coefficient (Wildman–Crippen LogP) is 3.61. The molecule has 4 nitrogen and oxygen atoms in total. The summed E-state index contributed by atoms with van der Waals surface area (Å²) in [6.45, 7) is 3.80. The standard InChI is InChI=1S/C14H16F4N4/c1-8(2)9-5-6-11(10(15)7-9)22-13(21(3)4)19-12(20-22)14(16,17)18/h5-8H,1-4H3. The molecule has 0 N–H and O–H groups in total. The van der Waals surface area contributed by atoms with Gasteiger partial charge >= 0.3 is 6.18 Å². The molecule has 0 bridgehead atoms. The molecule has 1 heterocycles. The molecule has 0 unspecified atom stereocenters. The van der Waals surface area contributed by atoms with Crippen LogP contribution < -0.4 is 4.90 Å². The van der Waals surface area contributed by atoms with Crippen molar-refractivity contribution in [3.63, 3.8) is 0 Å². The van der Waals surface area contributed by atoms with E-state index in [1.165, 1.54) is 31.1 Å². The van der Waals surface area contributed by atoms with Crippen molar-refractivity contribution in [1.82, 2.24) is 14.8 Å². The van der Waals surface area contributed by atoms with Crippen molar-refractivity contribution in [3.8, 4) is 5.69 Å². The molecule has 0 aliphatic heterocycles. The fourth-order valence-corrected chi connectivity index (χ4v) is 1.93. The number of halogens is 4. The summed E-state index contributed by atoms with van der Waals surface area (Å²) in [5, 5.41) is 3.41. The first-order chi connectivity index (χ1) is 10.1. The molecule has 0 spiro atoms. The van der Waals surface area contributed by atoms with Gasteiger partial charge in [-0.25, -0.2) is 4.39 Å². The van der Waals surface area contributed by atoms with Crippen LogP contribution in [0.15, 0.2) is 18.2 Å². The fraction of sp³-hybridized carbons (Fsp3) is 0.429. The summed E-state index contributed by atoms with van der Waals surface area (Å²) in [5.41, 5.74) is 0.680. The lowest BCUT2D eigenvalue weighted by molar-refractivity contribution is -0.144. The highest BCUT2D eigenvalue weighted by Gasteiger charge is 2.37. The van der Waals surface area contributed by atoms with Crippen LogP contribution in [0.1, 0.15) is 31.2 Å². The first kappa shape index (κ1) is 16.3. The Bertz CT molecular complexity index is 674. The normalized spacial score (nSPS) is 12.0. The van der Waals surface area contributed by atoms with Gasteiger partial charge < -0.3 is 4.90 Å². The fourth-order valence-electron chi connectivity index (χ4n) is 1.93. The summed E-state index contributed by atoms with van der Waals surface area (Å²) in [7, 11) is 3.03. The zero-order valence-electron chi connectivity index (χ0n) is 12.6. The molecule has 0 saturated heterocycles. The highest BCUT2D eigenvalue weighted by molar-refractivity contribution is 5.44. The van der Waals surface area contributed by atoms with Crippen molar-refractivity contribution in [3.05, 3.63) is 35.4 Å². The maximum Gasteiger partial charge on any atom is 0.453 e. The van der Waals surface area contributed by atoms with E-state index < -0.39 is 17.8 Å². The quantitative estimate of drug-likeness (QED) is 0.811. The number of anilines is 1. The van der Waals surface area contributed by atoms with Gasteiger partial charge in [0.15, 0.2) is 0 Å². The van der Waals surface area contributed by atoms with Crippen LogP contribution in [-0.2, 0) is 6.18 Å². The molecule has 0 aliphatic rings. The molecule has 0 aliphatic carbocycles. The van der Waals surface area contributed by atoms with Crippen LogP contribution in [0.3, 0.4) is 0 Å². The average molecular weight is 316 g/mol. The minimum absolute atomic E-state index is 0.0731. The van der Waals surface area contributed by atoms with Gasteiger partial charge in [-0.3, -0.25) is 0 Å². The predicted molar refractivity (Wildman–Crippen MR) is 74.7 cm³/mol. The van der Waals surface area contributed by atoms with E-state index in [0.29, 0.717) is 0 Å². The molecule has 0 fully saturated rings. The molecule has 8 heteroatoms. The molecule has 0 amide bonds. The number of hydrogen-bond acceptors (Lipinski definition) is 3. The Morgan fingerprint density at radius 3 is 2.27 bits per heavy atom. The van der Waals surface area contributed by atoms with Gasteiger partial charge in [0.2, 0.25) is 5.95 Å². The van der Waals surface area contributed by atoms with E-state index in [1.807, 2.05) is 13.8 Å². The monoisotopic (exact) mass is 316 g/mol. The Morgan fingerprint density at radius 2 is 1.82 bits per heavy atom. The molecular formula is C14H16F4N4. The van der Waals surface area contributed by atoms with E-state index in [4.69, 9.17) is 0 Å². The largest absolute Gasteiger partial charge is 0.453 e. The van der Waals surface area contributed by atoms with Crippen LogP contribution >= 0.6 is 0 Å². The number of hydrogen-bond donors (Lipinski definition) is 0. The molecule has 0 atom stereocenters. The zero-order valence-corrected chi connectivity index (χ0v) is 12.6. The molecule has 2 aromatic rings. The minimum Gasteiger partial charge on any atom is -0.347 e. The molecule has 1 aromatic carbocycles. The topological polar surface area (TPSA) is 34.0 Å². The second-order valence-electron chi connectivity index (χ2n) is 5.40. The third-order valence-corrected chi connectivity index (χ3v) is 3.11. The van der Waals surface area contributed by atoms with E-state index in [9.17, 15) is 17.6 Å². The van der Waals surface area contributed by atoms with Gasteiger partial charge in [0.1, 0.15) is 11.5 Å². The summed E-state index contributed by atoms with van der Waals surface area (Å²) < 4.78 is 53.5. The molecule has 22 heavy (non-hydrogen) atoms. The highest BCUT2D eigenvalue weighted by Crippen LogP contribution is 2.30. The number of nitrogens with zero attached hydrogens (tertiary/aromatic N) is 4. The summed E-state index contributed by atoms with van der Waals surface area (Å²) in [6.07, 6.45) is -4.69. The molecular weight excluding hydrogens is 300 g/mol. The van der Waals surface area contributed by atoms with E-state index in [1.54, 1.807) is 6.07 Å². The van der Waals surface area contributed by atoms with Crippen molar-refractivity contribution < 1.29 is 17.6 Å². The van der Waals surface area contributed by atoms with E-state index in [-0.39, 0.29) is 17.6 Å². The number of benzene rings is 1. The lowest BCUT2D eigenvalue weighted by atomic mass is 10.0. The van der Waals surface area contributed by atoms with Crippen LogP contribution in [-0.4, -0.2) is 28.9 Å². The summed E-state index contributed by atoms with van der Waals surface area (Å²) in [6, 6.07) is 4.37. The Labute approximate surface area is 125 Å². The second-order valence-corrected chi connectivity index (χ2v) is 5.40. The van der Waals surface area contributed by atoms with Gasteiger partial charge in [0.25, 0.3) is 5.82 Å². The Morgan fingerprint density at radius 1 is 1.18 bits per heavy atom. The lowest BCUT2D eigenvalue weighted by Gasteiger charge is -2.14. The van der Waals surface area contributed by atoms with Crippen molar-refractivity contribution in [2.45, 2.75) is 25.9 Å². The van der Waals surface area contributed by atoms with E-state index in [2.05, 4.69) is 10.1 Å². The Balaban J connectivity index is 2.59. The number of alkyl halides is 3. The van der Waals surface area contributed by atoms with Gasteiger partial charge in [-0.2, -0.15) is 22.8 Å². The van der Waals surface area contributed by atoms with Gasteiger partial charge in [0, 0.05) is 14.1 Å². The van der Waals surface area contributed by atoms with Gasteiger partial charge in [-0.05, 0) is 23.6 Å². The maximum atomic E-state index is 14.3. The van der Waals surface area contributed by atoms with Crippen molar-refractivity contribution in [2.75, 3.05) is 19.0 Å². The van der Waals surface area contributed by atoms with Crippen LogP contribution in [0, 0.1) is 5.82 Å². The zero-order chi connectivity index (χ0) is 16.7. The Hall–Kier alpha value is -2.12. The average Bonchev–Trinajstić information content (AvgIpc) is 2.83. The third kappa shape index (κ3) is 3.05. The number of rotatable bonds is 3. The first-order valence-corrected chi connectivity index (χ1v) is 6.62. The first-order valence-electron chi connectivity index (χ1n) is 6.62. The Kier molecular flexibility index (Phi) is 4.12. The van der Waals surface area contributed by atoms with Crippen molar-refractivity contribution >= 4 is 5.95 Å². The van der Waals surface area contributed by atoms with Crippen molar-refractivity contribution in [2.24, 2.45) is 0 Å². The summed E-state index contributed by atoms with van der Waals surface area (Å²) >= 11 is 0. The maximum absolute atomic E-state index is 14.3. The van der Waals surface area contributed by atoms with Crippen molar-refractivity contribution in [1.29, 1.82) is 0 Å². The summed E-state index contributed by atoms with van der Waals surface area (Å²) in [4.78, 5) is 4.79. The van der Waals surface area contributed by atoms with Crippen LogP contribution in [0.2, 0.25) is 0 Å². The van der Waals surface area contributed by atoms with E-state index in [0.717, 1.165) is 10.2 Å². The second kappa shape index (κ2) is 5.58. The van der Waals surface area contributed by atoms with E-state index >= 15 is 0 Å². The van der Waals surface area contributed by atoms with Crippen LogP contribution in [0.25, 0.3) is 5.69 Å². The SMILES string of the molecule is CC(C)c1ccc(-n2nc(C(F)(F)F)nc2N(C)C)c(F)c1. The molecule has 1 aromatic heterocycles. The van der Waals surface area contributed by atoms with Gasteiger partial charge in [-0.1, -0.05) is 19.9 Å². The minimum atomic E-state index is -4.69. The third-order valence-electron chi connectivity index (χ3n) is 3.11.